The Morgan fingerprint density at radius 2 is 2.09 bits per heavy atom. The van der Waals surface area contributed by atoms with Gasteiger partial charge in [-0.15, -0.1) is 0 Å². The lowest BCUT2D eigenvalue weighted by Crippen LogP contribution is -2.48. The van der Waals surface area contributed by atoms with E-state index in [4.69, 9.17) is 0 Å². The molecule has 2 heterocycles. The van der Waals surface area contributed by atoms with Crippen molar-refractivity contribution < 1.29 is 9.59 Å². The molecule has 0 saturated carbocycles. The van der Waals surface area contributed by atoms with E-state index in [9.17, 15) is 14.4 Å². The van der Waals surface area contributed by atoms with E-state index < -0.39 is 6.04 Å². The Hall–Kier alpha value is -2.11. The molecule has 1 aliphatic heterocycles. The summed E-state index contributed by atoms with van der Waals surface area (Å²) < 4.78 is 1.58. The summed E-state index contributed by atoms with van der Waals surface area (Å²) in [4.78, 5) is 35.8. The number of aromatic nitrogens is 1. The molecule has 2 N–H and O–H groups in total. The molecule has 1 aromatic rings. The lowest BCUT2D eigenvalue weighted by atomic mass is 9.77. The Morgan fingerprint density at radius 1 is 1.35 bits per heavy atom. The highest BCUT2D eigenvalue weighted by molar-refractivity contribution is 5.90. The Morgan fingerprint density at radius 3 is 2.74 bits per heavy atom. The summed E-state index contributed by atoms with van der Waals surface area (Å²) in [6, 6.07) is 4.53. The van der Waals surface area contributed by atoms with Gasteiger partial charge in [-0.25, -0.2) is 0 Å². The fraction of sp³-hybridized carbons (Fsp3) is 0.588. The molecule has 1 fully saturated rings. The minimum absolute atomic E-state index is 0.0703. The number of pyridine rings is 1. The number of aryl methyl sites for hydroxylation is 1. The molecular formula is C17H25N3O3. The van der Waals surface area contributed by atoms with Crippen LogP contribution in [0.25, 0.3) is 0 Å². The van der Waals surface area contributed by atoms with Crippen molar-refractivity contribution in [3.05, 3.63) is 34.7 Å². The van der Waals surface area contributed by atoms with Crippen molar-refractivity contribution in [2.24, 2.45) is 5.41 Å². The third-order valence-corrected chi connectivity index (χ3v) is 4.90. The van der Waals surface area contributed by atoms with Crippen molar-refractivity contribution >= 4 is 11.8 Å². The van der Waals surface area contributed by atoms with Gasteiger partial charge in [0, 0.05) is 37.2 Å². The quantitative estimate of drug-likeness (QED) is 0.788. The van der Waals surface area contributed by atoms with Gasteiger partial charge in [-0.1, -0.05) is 19.9 Å². The number of nitrogens with one attached hydrogen (secondary N) is 2. The van der Waals surface area contributed by atoms with Crippen molar-refractivity contribution in [1.82, 2.24) is 15.2 Å². The maximum atomic E-state index is 12.2. The van der Waals surface area contributed by atoms with Gasteiger partial charge in [0.2, 0.25) is 17.4 Å². The van der Waals surface area contributed by atoms with Crippen LogP contribution in [0.1, 0.15) is 39.5 Å². The maximum Gasteiger partial charge on any atom is 0.250 e. The first kappa shape index (κ1) is 17.2. The van der Waals surface area contributed by atoms with E-state index in [0.29, 0.717) is 25.9 Å². The van der Waals surface area contributed by atoms with E-state index in [0.717, 1.165) is 12.8 Å². The fourth-order valence-corrected chi connectivity index (χ4v) is 3.16. The Balaban J connectivity index is 1.88. The third kappa shape index (κ3) is 3.81. The van der Waals surface area contributed by atoms with Crippen LogP contribution in [0.4, 0.5) is 0 Å². The average molecular weight is 319 g/mol. The van der Waals surface area contributed by atoms with E-state index in [2.05, 4.69) is 10.6 Å². The molecule has 2 amide bonds. The summed E-state index contributed by atoms with van der Waals surface area (Å²) in [5.74, 6) is -0.233. The third-order valence-electron chi connectivity index (χ3n) is 4.90. The van der Waals surface area contributed by atoms with Gasteiger partial charge in [-0.05, 0) is 25.3 Å². The van der Waals surface area contributed by atoms with Crippen LogP contribution in [0.15, 0.2) is 29.2 Å². The zero-order valence-electron chi connectivity index (χ0n) is 13.8. The number of rotatable bonds is 7. The van der Waals surface area contributed by atoms with Crippen LogP contribution in [-0.2, 0) is 16.1 Å². The van der Waals surface area contributed by atoms with Crippen LogP contribution in [0, 0.1) is 5.41 Å². The van der Waals surface area contributed by atoms with Gasteiger partial charge in [0.15, 0.2) is 0 Å². The van der Waals surface area contributed by atoms with Crippen LogP contribution in [0.3, 0.4) is 0 Å². The summed E-state index contributed by atoms with van der Waals surface area (Å²) in [5.41, 5.74) is -0.262. The van der Waals surface area contributed by atoms with Crippen molar-refractivity contribution in [2.45, 2.75) is 52.1 Å². The van der Waals surface area contributed by atoms with Crippen molar-refractivity contribution in [1.29, 1.82) is 0 Å². The number of amides is 2. The molecule has 0 aromatic carbocycles. The van der Waals surface area contributed by atoms with Gasteiger partial charge in [0.05, 0.1) is 0 Å². The number of hydrogen-bond donors (Lipinski definition) is 2. The minimum Gasteiger partial charge on any atom is -0.354 e. The number of hydrogen-bond acceptors (Lipinski definition) is 3. The molecule has 0 bridgehead atoms. The molecule has 23 heavy (non-hydrogen) atoms. The molecule has 1 saturated heterocycles. The Bertz CT molecular complexity index is 620. The molecular weight excluding hydrogens is 294 g/mol. The lowest BCUT2D eigenvalue weighted by Gasteiger charge is -2.31. The highest BCUT2D eigenvalue weighted by Gasteiger charge is 2.46. The second kappa shape index (κ2) is 7.44. The van der Waals surface area contributed by atoms with Crippen molar-refractivity contribution in [3.8, 4) is 0 Å². The van der Waals surface area contributed by atoms with Crippen LogP contribution in [-0.4, -0.2) is 29.0 Å². The predicted octanol–water partition coefficient (Wildman–Crippen LogP) is 1.05. The molecule has 6 nitrogen and oxygen atoms in total. The number of nitrogens with zero attached hydrogens (tertiary/aromatic N) is 1. The zero-order chi connectivity index (χ0) is 16.9. The van der Waals surface area contributed by atoms with Crippen LogP contribution in [0.5, 0.6) is 0 Å². The summed E-state index contributed by atoms with van der Waals surface area (Å²) >= 11 is 0. The lowest BCUT2D eigenvalue weighted by molar-refractivity contribution is -0.129. The summed E-state index contributed by atoms with van der Waals surface area (Å²) in [6.45, 7) is 5.20. The maximum absolute atomic E-state index is 12.2. The van der Waals surface area contributed by atoms with E-state index >= 15 is 0 Å². The molecule has 1 atom stereocenters. The van der Waals surface area contributed by atoms with E-state index in [-0.39, 0.29) is 22.8 Å². The second-order valence-electron chi connectivity index (χ2n) is 6.12. The highest BCUT2D eigenvalue weighted by atomic mass is 16.2. The minimum atomic E-state index is -0.454. The molecule has 0 aliphatic carbocycles. The molecule has 1 unspecified atom stereocenters. The molecule has 126 valence electrons. The van der Waals surface area contributed by atoms with Crippen LogP contribution >= 0.6 is 0 Å². The highest BCUT2D eigenvalue weighted by Crippen LogP contribution is 2.34. The monoisotopic (exact) mass is 319 g/mol. The number of carbonyl (C=O) groups is 2. The molecule has 6 heteroatoms. The zero-order valence-corrected chi connectivity index (χ0v) is 13.8. The first-order valence-corrected chi connectivity index (χ1v) is 8.25. The molecule has 0 radical (unpaired) electrons. The second-order valence-corrected chi connectivity index (χ2v) is 6.12. The van der Waals surface area contributed by atoms with Gasteiger partial charge in [-0.3, -0.25) is 14.4 Å². The normalized spacial score (nSPS) is 19.4. The van der Waals surface area contributed by atoms with Crippen molar-refractivity contribution in [2.75, 3.05) is 6.54 Å². The number of carbonyl (C=O) groups excluding carboxylic acids is 2. The summed E-state index contributed by atoms with van der Waals surface area (Å²) in [7, 11) is 0. The van der Waals surface area contributed by atoms with Crippen LogP contribution < -0.4 is 16.2 Å². The average Bonchev–Trinajstić information content (AvgIpc) is 2.86. The van der Waals surface area contributed by atoms with Gasteiger partial charge in [0.25, 0.3) is 0 Å². The SMILES string of the molecule is CCC1(CC)CNC(=O)C1NC(=O)CCCn1ccccc1=O. The van der Waals surface area contributed by atoms with Gasteiger partial charge in [0.1, 0.15) is 6.04 Å². The smallest absolute Gasteiger partial charge is 0.250 e. The van der Waals surface area contributed by atoms with E-state index in [1.165, 1.54) is 6.07 Å². The summed E-state index contributed by atoms with van der Waals surface area (Å²) in [5, 5.41) is 5.74. The van der Waals surface area contributed by atoms with E-state index in [1.54, 1.807) is 22.9 Å². The molecule has 1 aliphatic rings. The topological polar surface area (TPSA) is 80.2 Å². The summed E-state index contributed by atoms with van der Waals surface area (Å²) in [6.07, 6.45) is 4.26. The van der Waals surface area contributed by atoms with Crippen molar-refractivity contribution in [3.63, 3.8) is 0 Å². The molecule has 1 aromatic heterocycles. The first-order valence-electron chi connectivity index (χ1n) is 8.25. The van der Waals surface area contributed by atoms with E-state index in [1.807, 2.05) is 13.8 Å². The standard InChI is InChI=1S/C17H25N3O3/c1-3-17(4-2)12-18-16(23)15(17)19-13(21)8-7-11-20-10-6-5-9-14(20)22/h5-6,9-10,15H,3-4,7-8,11-12H2,1-2H3,(H,18,23)(H,19,21). The Labute approximate surface area is 136 Å². The largest absolute Gasteiger partial charge is 0.354 e. The molecule has 2 rings (SSSR count). The molecule has 0 spiro atoms. The van der Waals surface area contributed by atoms with Gasteiger partial charge >= 0.3 is 0 Å². The van der Waals surface area contributed by atoms with Crippen LogP contribution in [0.2, 0.25) is 0 Å². The van der Waals surface area contributed by atoms with Gasteiger partial charge in [-0.2, -0.15) is 0 Å². The first-order chi connectivity index (χ1) is 11.0. The predicted molar refractivity (Wildman–Crippen MR) is 87.9 cm³/mol. The van der Waals surface area contributed by atoms with Gasteiger partial charge < -0.3 is 15.2 Å². The fourth-order valence-electron chi connectivity index (χ4n) is 3.16. The Kier molecular flexibility index (Phi) is 5.58.